The molecular formula is C25H12BrClO6. The average molecular weight is 524 g/mol. The van der Waals surface area contributed by atoms with Gasteiger partial charge in [0.1, 0.15) is 16.9 Å². The zero-order chi connectivity index (χ0) is 23.1. The summed E-state index contributed by atoms with van der Waals surface area (Å²) in [5.74, 6) is -0.375. The van der Waals surface area contributed by atoms with Crippen LogP contribution >= 0.6 is 27.5 Å². The van der Waals surface area contributed by atoms with E-state index in [4.69, 9.17) is 25.2 Å². The molecule has 0 amide bonds. The summed E-state index contributed by atoms with van der Waals surface area (Å²) in [5, 5.41) is 1.57. The lowest BCUT2D eigenvalue weighted by atomic mass is 10.0. The zero-order valence-electron chi connectivity index (χ0n) is 16.6. The molecule has 8 heteroatoms. The van der Waals surface area contributed by atoms with Crippen molar-refractivity contribution in [1.82, 2.24) is 0 Å². The normalized spacial score (nSPS) is 11.1. The standard InChI is InChI=1S/C25H12BrClO6/c26-15-3-1-13(2-4-15)24(29)31-17-6-7-18-19(12-23(28)32-22(18)11-17)20-10-14-9-16(27)5-8-21(14)33-25(20)30/h1-12H. The van der Waals surface area contributed by atoms with E-state index in [0.29, 0.717) is 32.5 Å². The molecule has 0 aliphatic carbocycles. The zero-order valence-corrected chi connectivity index (χ0v) is 19.0. The van der Waals surface area contributed by atoms with Crippen LogP contribution in [0.15, 0.2) is 95.7 Å². The Kier molecular flexibility index (Phi) is 5.36. The van der Waals surface area contributed by atoms with Crippen LogP contribution in [0.4, 0.5) is 0 Å². The Morgan fingerprint density at radius 3 is 2.39 bits per heavy atom. The lowest BCUT2D eigenvalue weighted by Gasteiger charge is -2.08. The number of hydrogen-bond donors (Lipinski definition) is 0. The van der Waals surface area contributed by atoms with Crippen LogP contribution in [0, 0.1) is 0 Å². The highest BCUT2D eigenvalue weighted by Crippen LogP contribution is 2.30. The summed E-state index contributed by atoms with van der Waals surface area (Å²) >= 11 is 9.37. The third kappa shape index (κ3) is 4.20. The molecule has 0 unspecified atom stereocenters. The van der Waals surface area contributed by atoms with Gasteiger partial charge in [0.15, 0.2) is 0 Å². The van der Waals surface area contributed by atoms with Crippen LogP contribution in [0.2, 0.25) is 5.02 Å². The maximum atomic E-state index is 12.7. The number of rotatable bonds is 3. The van der Waals surface area contributed by atoms with Gasteiger partial charge < -0.3 is 13.6 Å². The summed E-state index contributed by atoms with van der Waals surface area (Å²) in [5.41, 5.74) is 0.138. The molecule has 5 aromatic rings. The van der Waals surface area contributed by atoms with Crippen LogP contribution in [0.3, 0.4) is 0 Å². The fourth-order valence-corrected chi connectivity index (χ4v) is 3.91. The summed E-state index contributed by atoms with van der Waals surface area (Å²) in [6.07, 6.45) is 0. The second-order valence-corrected chi connectivity index (χ2v) is 8.52. The van der Waals surface area contributed by atoms with Gasteiger partial charge in [0.05, 0.1) is 11.1 Å². The van der Waals surface area contributed by atoms with Gasteiger partial charge in [0, 0.05) is 38.0 Å². The highest BCUT2D eigenvalue weighted by atomic mass is 79.9. The Bertz CT molecular complexity index is 1670. The van der Waals surface area contributed by atoms with Gasteiger partial charge in [-0.25, -0.2) is 14.4 Å². The molecule has 0 saturated heterocycles. The highest BCUT2D eigenvalue weighted by Gasteiger charge is 2.16. The highest BCUT2D eigenvalue weighted by molar-refractivity contribution is 9.10. The molecule has 162 valence electrons. The van der Waals surface area contributed by atoms with Crippen molar-refractivity contribution in [3.63, 3.8) is 0 Å². The number of carbonyl (C=O) groups excluding carboxylic acids is 1. The Balaban J connectivity index is 1.59. The van der Waals surface area contributed by atoms with Crippen LogP contribution in [0.25, 0.3) is 33.1 Å². The first-order chi connectivity index (χ1) is 15.9. The van der Waals surface area contributed by atoms with E-state index in [-0.39, 0.29) is 16.9 Å². The fraction of sp³-hybridized carbons (Fsp3) is 0. The van der Waals surface area contributed by atoms with E-state index in [0.717, 1.165) is 4.47 Å². The first-order valence-corrected chi connectivity index (χ1v) is 10.8. The van der Waals surface area contributed by atoms with E-state index >= 15 is 0 Å². The number of hydrogen-bond acceptors (Lipinski definition) is 6. The number of fused-ring (bicyclic) bond motifs is 2. The topological polar surface area (TPSA) is 86.7 Å². The maximum Gasteiger partial charge on any atom is 0.344 e. The van der Waals surface area contributed by atoms with Gasteiger partial charge in [-0.1, -0.05) is 27.5 Å². The monoisotopic (exact) mass is 522 g/mol. The van der Waals surface area contributed by atoms with Gasteiger partial charge in [-0.05, 0) is 60.7 Å². The fourth-order valence-electron chi connectivity index (χ4n) is 3.46. The summed E-state index contributed by atoms with van der Waals surface area (Å²) in [7, 11) is 0. The van der Waals surface area contributed by atoms with Gasteiger partial charge in [-0.2, -0.15) is 0 Å². The molecule has 0 aliphatic heterocycles. The van der Waals surface area contributed by atoms with E-state index < -0.39 is 17.2 Å². The SMILES string of the molecule is O=C(Oc1ccc2c(-c3cc4cc(Cl)ccc4oc3=O)cc(=O)oc2c1)c1ccc(Br)cc1. The van der Waals surface area contributed by atoms with Crippen molar-refractivity contribution < 1.29 is 18.4 Å². The Morgan fingerprint density at radius 1 is 0.818 bits per heavy atom. The molecule has 0 aliphatic rings. The van der Waals surface area contributed by atoms with E-state index in [1.807, 2.05) is 0 Å². The smallest absolute Gasteiger partial charge is 0.344 e. The second-order valence-electron chi connectivity index (χ2n) is 7.16. The first-order valence-electron chi connectivity index (χ1n) is 9.67. The number of halogens is 2. The number of esters is 1. The van der Waals surface area contributed by atoms with Crippen LogP contribution in [0.5, 0.6) is 5.75 Å². The summed E-state index contributed by atoms with van der Waals surface area (Å²) < 4.78 is 17.0. The third-order valence-electron chi connectivity index (χ3n) is 4.99. The lowest BCUT2D eigenvalue weighted by molar-refractivity contribution is 0.0735. The quantitative estimate of drug-likeness (QED) is 0.159. The predicted octanol–water partition coefficient (Wildman–Crippen LogP) is 6.20. The minimum atomic E-state index is -0.667. The molecule has 0 bridgehead atoms. The molecule has 0 N–H and O–H groups in total. The summed E-state index contributed by atoms with van der Waals surface area (Å²) in [6.45, 7) is 0. The average Bonchev–Trinajstić information content (AvgIpc) is 2.78. The van der Waals surface area contributed by atoms with Crippen LogP contribution in [-0.4, -0.2) is 5.97 Å². The third-order valence-corrected chi connectivity index (χ3v) is 5.75. The molecule has 0 spiro atoms. The largest absolute Gasteiger partial charge is 0.423 e. The Hall–Kier alpha value is -3.68. The second kappa shape index (κ2) is 8.35. The molecule has 0 radical (unpaired) electrons. The minimum absolute atomic E-state index is 0.157. The predicted molar refractivity (Wildman–Crippen MR) is 128 cm³/mol. The van der Waals surface area contributed by atoms with Crippen molar-refractivity contribution in [1.29, 1.82) is 0 Å². The van der Waals surface area contributed by atoms with Crippen molar-refractivity contribution in [2.75, 3.05) is 0 Å². The molecule has 6 nitrogen and oxygen atoms in total. The van der Waals surface area contributed by atoms with Crippen LogP contribution in [0.1, 0.15) is 10.4 Å². The Labute approximate surface area is 199 Å². The molecule has 5 rings (SSSR count). The molecule has 2 aromatic heterocycles. The summed E-state index contributed by atoms with van der Waals surface area (Å²) in [4.78, 5) is 37.3. The van der Waals surface area contributed by atoms with Gasteiger partial charge >= 0.3 is 17.2 Å². The van der Waals surface area contributed by atoms with Crippen molar-refractivity contribution in [3.05, 3.63) is 109 Å². The van der Waals surface area contributed by atoms with Gasteiger partial charge in [-0.15, -0.1) is 0 Å². The van der Waals surface area contributed by atoms with E-state index in [1.165, 1.54) is 12.1 Å². The van der Waals surface area contributed by atoms with E-state index in [2.05, 4.69) is 15.9 Å². The van der Waals surface area contributed by atoms with Crippen molar-refractivity contribution in [2.45, 2.75) is 0 Å². The van der Waals surface area contributed by atoms with Crippen molar-refractivity contribution in [2.24, 2.45) is 0 Å². The molecule has 2 heterocycles. The lowest BCUT2D eigenvalue weighted by Crippen LogP contribution is -2.09. The van der Waals surface area contributed by atoms with E-state index in [1.54, 1.807) is 60.7 Å². The van der Waals surface area contributed by atoms with Gasteiger partial charge in [0.25, 0.3) is 0 Å². The van der Waals surface area contributed by atoms with Crippen LogP contribution in [-0.2, 0) is 0 Å². The summed E-state index contributed by atoms with van der Waals surface area (Å²) in [6, 6.07) is 19.0. The van der Waals surface area contributed by atoms with Crippen LogP contribution < -0.4 is 16.0 Å². The van der Waals surface area contributed by atoms with E-state index in [9.17, 15) is 14.4 Å². The number of ether oxygens (including phenoxy) is 1. The van der Waals surface area contributed by atoms with Crippen molar-refractivity contribution >= 4 is 55.4 Å². The maximum absolute atomic E-state index is 12.7. The molecular weight excluding hydrogens is 512 g/mol. The van der Waals surface area contributed by atoms with Gasteiger partial charge in [-0.3, -0.25) is 0 Å². The molecule has 3 aromatic carbocycles. The van der Waals surface area contributed by atoms with Crippen molar-refractivity contribution in [3.8, 4) is 16.9 Å². The molecule has 0 atom stereocenters. The first kappa shape index (κ1) is 21.2. The Morgan fingerprint density at radius 2 is 1.61 bits per heavy atom. The minimum Gasteiger partial charge on any atom is -0.423 e. The van der Waals surface area contributed by atoms with Gasteiger partial charge in [0.2, 0.25) is 0 Å². The number of benzene rings is 3. The molecule has 33 heavy (non-hydrogen) atoms. The molecule has 0 saturated carbocycles. The molecule has 0 fully saturated rings. The number of carbonyl (C=O) groups is 1.